The maximum atomic E-state index is 12.4. The molecule has 4 atom stereocenters. The Morgan fingerprint density at radius 1 is 1.25 bits per heavy atom. The van der Waals surface area contributed by atoms with Crippen molar-refractivity contribution in [2.75, 3.05) is 13.6 Å². The SMILES string of the molecule is CN(CC1CC1)C(=O)C1C2CCC(C2)C1N. The van der Waals surface area contributed by atoms with Gasteiger partial charge in [-0.3, -0.25) is 4.79 Å². The van der Waals surface area contributed by atoms with Gasteiger partial charge in [0, 0.05) is 19.6 Å². The largest absolute Gasteiger partial charge is 0.345 e. The zero-order valence-electron chi connectivity index (χ0n) is 10.1. The van der Waals surface area contributed by atoms with Crippen molar-refractivity contribution in [2.24, 2.45) is 29.4 Å². The van der Waals surface area contributed by atoms with Crippen molar-refractivity contribution in [1.82, 2.24) is 4.90 Å². The molecule has 0 aliphatic heterocycles. The Labute approximate surface area is 97.4 Å². The lowest BCUT2D eigenvalue weighted by molar-refractivity contribution is -0.136. The highest BCUT2D eigenvalue weighted by Crippen LogP contribution is 2.48. The molecule has 90 valence electrons. The number of amides is 1. The molecule has 3 aliphatic carbocycles. The van der Waals surface area contributed by atoms with Crippen LogP contribution in [0.5, 0.6) is 0 Å². The fraction of sp³-hybridized carbons (Fsp3) is 0.923. The Kier molecular flexibility index (Phi) is 2.46. The van der Waals surface area contributed by atoms with E-state index in [0.29, 0.717) is 17.7 Å². The molecule has 3 aliphatic rings. The predicted octanol–water partition coefficient (Wildman–Crippen LogP) is 1.23. The molecule has 3 saturated carbocycles. The average molecular weight is 222 g/mol. The third kappa shape index (κ3) is 1.65. The number of carbonyl (C=O) groups is 1. The smallest absolute Gasteiger partial charge is 0.227 e. The van der Waals surface area contributed by atoms with Crippen LogP contribution in [0.1, 0.15) is 32.1 Å². The van der Waals surface area contributed by atoms with E-state index in [1.165, 1.54) is 32.1 Å². The van der Waals surface area contributed by atoms with Crippen LogP contribution >= 0.6 is 0 Å². The molecular weight excluding hydrogens is 200 g/mol. The molecule has 0 radical (unpaired) electrons. The van der Waals surface area contributed by atoms with Crippen molar-refractivity contribution >= 4 is 5.91 Å². The first-order valence-corrected chi connectivity index (χ1v) is 6.67. The monoisotopic (exact) mass is 222 g/mol. The molecule has 3 fully saturated rings. The van der Waals surface area contributed by atoms with Gasteiger partial charge in [-0.05, 0) is 49.9 Å². The summed E-state index contributed by atoms with van der Waals surface area (Å²) in [7, 11) is 1.96. The highest BCUT2D eigenvalue weighted by atomic mass is 16.2. The van der Waals surface area contributed by atoms with Gasteiger partial charge >= 0.3 is 0 Å². The molecule has 0 spiro atoms. The summed E-state index contributed by atoms with van der Waals surface area (Å²) in [5.74, 6) is 2.47. The minimum absolute atomic E-state index is 0.141. The Morgan fingerprint density at radius 3 is 2.50 bits per heavy atom. The van der Waals surface area contributed by atoms with E-state index in [4.69, 9.17) is 5.73 Å². The van der Waals surface area contributed by atoms with Gasteiger partial charge < -0.3 is 10.6 Å². The number of rotatable bonds is 3. The van der Waals surface area contributed by atoms with Gasteiger partial charge in [0.25, 0.3) is 0 Å². The standard InChI is InChI=1S/C13H22N2O/c1-15(7-8-2-3-8)13(16)11-9-4-5-10(6-9)12(11)14/h8-12H,2-7,14H2,1H3. The zero-order valence-corrected chi connectivity index (χ0v) is 10.1. The maximum absolute atomic E-state index is 12.4. The molecule has 16 heavy (non-hydrogen) atoms. The van der Waals surface area contributed by atoms with E-state index in [0.717, 1.165) is 12.5 Å². The molecule has 0 heterocycles. The summed E-state index contributed by atoms with van der Waals surface area (Å²) >= 11 is 0. The summed E-state index contributed by atoms with van der Waals surface area (Å²) in [6, 6.07) is 0.146. The molecule has 3 rings (SSSR count). The van der Waals surface area contributed by atoms with Crippen LogP contribution < -0.4 is 5.73 Å². The normalized spacial score (nSPS) is 41.4. The van der Waals surface area contributed by atoms with Crippen LogP contribution in [0.3, 0.4) is 0 Å². The number of carbonyl (C=O) groups excluding carboxylic acids is 1. The van der Waals surface area contributed by atoms with Crippen molar-refractivity contribution in [2.45, 2.75) is 38.1 Å². The summed E-state index contributed by atoms with van der Waals surface area (Å²) < 4.78 is 0. The molecule has 2 bridgehead atoms. The summed E-state index contributed by atoms with van der Waals surface area (Å²) in [5, 5.41) is 0. The van der Waals surface area contributed by atoms with Crippen LogP contribution in [0.2, 0.25) is 0 Å². The summed E-state index contributed by atoms with van der Waals surface area (Å²) in [6.45, 7) is 0.958. The van der Waals surface area contributed by atoms with Crippen LogP contribution in [0, 0.1) is 23.7 Å². The van der Waals surface area contributed by atoms with E-state index < -0.39 is 0 Å². The maximum Gasteiger partial charge on any atom is 0.227 e. The van der Waals surface area contributed by atoms with E-state index in [1.807, 2.05) is 11.9 Å². The second kappa shape index (κ2) is 3.73. The van der Waals surface area contributed by atoms with Gasteiger partial charge in [-0.2, -0.15) is 0 Å². The van der Waals surface area contributed by atoms with Gasteiger partial charge in [0.05, 0.1) is 5.92 Å². The van der Waals surface area contributed by atoms with Crippen LogP contribution in [0.15, 0.2) is 0 Å². The third-order valence-electron chi connectivity index (χ3n) is 4.87. The second-order valence-electron chi connectivity index (χ2n) is 6.10. The first-order chi connectivity index (χ1) is 7.66. The number of nitrogens with two attached hydrogens (primary N) is 1. The summed E-state index contributed by atoms with van der Waals surface area (Å²) in [6.07, 6.45) is 6.30. The molecular formula is C13H22N2O. The molecule has 0 aromatic heterocycles. The molecule has 4 unspecified atom stereocenters. The predicted molar refractivity (Wildman–Crippen MR) is 62.7 cm³/mol. The molecule has 3 heteroatoms. The van der Waals surface area contributed by atoms with E-state index in [2.05, 4.69) is 0 Å². The fourth-order valence-corrected chi connectivity index (χ4v) is 3.73. The van der Waals surface area contributed by atoms with Gasteiger partial charge in [-0.25, -0.2) is 0 Å². The lowest BCUT2D eigenvalue weighted by Crippen LogP contribution is -2.46. The summed E-state index contributed by atoms with van der Waals surface area (Å²) in [4.78, 5) is 14.3. The zero-order chi connectivity index (χ0) is 11.3. The number of fused-ring (bicyclic) bond motifs is 2. The first kappa shape index (κ1) is 10.6. The Balaban J connectivity index is 1.65. The van der Waals surface area contributed by atoms with Crippen molar-refractivity contribution in [3.05, 3.63) is 0 Å². The molecule has 2 N–H and O–H groups in total. The van der Waals surface area contributed by atoms with E-state index in [1.54, 1.807) is 0 Å². The summed E-state index contributed by atoms with van der Waals surface area (Å²) in [5.41, 5.74) is 6.20. The molecule has 3 nitrogen and oxygen atoms in total. The third-order valence-corrected chi connectivity index (χ3v) is 4.87. The van der Waals surface area contributed by atoms with E-state index >= 15 is 0 Å². The van der Waals surface area contributed by atoms with Crippen molar-refractivity contribution in [1.29, 1.82) is 0 Å². The minimum Gasteiger partial charge on any atom is -0.345 e. The highest BCUT2D eigenvalue weighted by molar-refractivity contribution is 5.80. The Bertz CT molecular complexity index is 298. The minimum atomic E-state index is 0.141. The topological polar surface area (TPSA) is 46.3 Å². The Morgan fingerprint density at radius 2 is 1.94 bits per heavy atom. The number of nitrogens with zero attached hydrogens (tertiary/aromatic N) is 1. The van der Waals surface area contributed by atoms with Crippen molar-refractivity contribution < 1.29 is 4.79 Å². The lowest BCUT2D eigenvalue weighted by atomic mass is 9.84. The van der Waals surface area contributed by atoms with Gasteiger partial charge in [-0.15, -0.1) is 0 Å². The van der Waals surface area contributed by atoms with Crippen LogP contribution in [-0.2, 0) is 4.79 Å². The van der Waals surface area contributed by atoms with Crippen molar-refractivity contribution in [3.8, 4) is 0 Å². The Hall–Kier alpha value is -0.570. The second-order valence-corrected chi connectivity index (χ2v) is 6.10. The highest BCUT2D eigenvalue weighted by Gasteiger charge is 2.49. The van der Waals surface area contributed by atoms with E-state index in [9.17, 15) is 4.79 Å². The van der Waals surface area contributed by atoms with Crippen LogP contribution in [-0.4, -0.2) is 30.4 Å². The first-order valence-electron chi connectivity index (χ1n) is 6.67. The van der Waals surface area contributed by atoms with Gasteiger partial charge in [-0.1, -0.05) is 0 Å². The van der Waals surface area contributed by atoms with Gasteiger partial charge in [0.1, 0.15) is 0 Å². The van der Waals surface area contributed by atoms with Crippen molar-refractivity contribution in [3.63, 3.8) is 0 Å². The molecule has 1 amide bonds. The lowest BCUT2D eigenvalue weighted by Gasteiger charge is -2.30. The van der Waals surface area contributed by atoms with Crippen LogP contribution in [0.4, 0.5) is 0 Å². The fourth-order valence-electron chi connectivity index (χ4n) is 3.73. The quantitative estimate of drug-likeness (QED) is 0.780. The molecule has 0 aromatic carbocycles. The van der Waals surface area contributed by atoms with Gasteiger partial charge in [0.15, 0.2) is 0 Å². The van der Waals surface area contributed by atoms with Crippen LogP contribution in [0.25, 0.3) is 0 Å². The van der Waals surface area contributed by atoms with E-state index in [-0.39, 0.29) is 12.0 Å². The average Bonchev–Trinajstić information content (AvgIpc) is 2.86. The molecule has 0 aromatic rings. The van der Waals surface area contributed by atoms with Gasteiger partial charge in [0.2, 0.25) is 5.91 Å². The number of hydrogen-bond donors (Lipinski definition) is 1. The molecule has 0 saturated heterocycles. The number of hydrogen-bond acceptors (Lipinski definition) is 2.